The second kappa shape index (κ2) is 8.15. The summed E-state index contributed by atoms with van der Waals surface area (Å²) in [6, 6.07) is 19.9. The minimum Gasteiger partial charge on any atom is -0.337 e. The van der Waals surface area contributed by atoms with Gasteiger partial charge in [0.15, 0.2) is 0 Å². The van der Waals surface area contributed by atoms with Crippen LogP contribution in [0.15, 0.2) is 77.7 Å². The van der Waals surface area contributed by atoms with Crippen LogP contribution in [-0.4, -0.2) is 36.1 Å². The fourth-order valence-electron chi connectivity index (χ4n) is 4.64. The Morgan fingerprint density at radius 2 is 1.41 bits per heavy atom. The summed E-state index contributed by atoms with van der Waals surface area (Å²) in [6.45, 7) is 1.01. The third-order valence-electron chi connectivity index (χ3n) is 6.36. The predicted octanol–water partition coefficient (Wildman–Crippen LogP) is 3.53. The first kappa shape index (κ1) is 20.8. The summed E-state index contributed by atoms with van der Waals surface area (Å²) in [4.78, 5) is 15.0. The van der Waals surface area contributed by atoms with Crippen LogP contribution >= 0.6 is 0 Å². The second-order valence-corrected chi connectivity index (χ2v) is 10.1. The van der Waals surface area contributed by atoms with E-state index >= 15 is 0 Å². The summed E-state index contributed by atoms with van der Waals surface area (Å²) < 4.78 is 42.7. The van der Waals surface area contributed by atoms with E-state index < -0.39 is 26.8 Å². The number of fused-ring (bicyclic) bond motifs is 2. The number of hydrogen-bond donors (Lipinski definition) is 0. The fraction of sp³-hybridized carbons (Fsp3) is 0.240. The number of hydrogen-bond acceptors (Lipinski definition) is 3. The molecule has 3 aromatic rings. The molecule has 5 nitrogen and oxygen atoms in total. The van der Waals surface area contributed by atoms with Crippen LogP contribution in [0.1, 0.15) is 22.3 Å². The van der Waals surface area contributed by atoms with E-state index in [9.17, 15) is 17.6 Å². The lowest BCUT2D eigenvalue weighted by Gasteiger charge is -2.39. The van der Waals surface area contributed by atoms with Gasteiger partial charge in [0.05, 0.1) is 0 Å². The Morgan fingerprint density at radius 1 is 0.812 bits per heavy atom. The van der Waals surface area contributed by atoms with Crippen molar-refractivity contribution in [2.75, 3.05) is 6.54 Å². The molecule has 164 valence electrons. The number of carbonyl (C=O) groups is 1. The Balaban J connectivity index is 1.53. The lowest BCUT2D eigenvalue weighted by atomic mass is 9.94. The molecule has 2 aliphatic heterocycles. The minimum atomic E-state index is -4.22. The summed E-state index contributed by atoms with van der Waals surface area (Å²) >= 11 is 0. The van der Waals surface area contributed by atoms with Gasteiger partial charge < -0.3 is 4.90 Å². The molecule has 0 bridgehead atoms. The molecule has 0 unspecified atom stereocenters. The Labute approximate surface area is 187 Å². The summed E-state index contributed by atoms with van der Waals surface area (Å²) in [5.41, 5.74) is 4.07. The average molecular weight is 451 g/mol. The molecule has 32 heavy (non-hydrogen) atoms. The van der Waals surface area contributed by atoms with Gasteiger partial charge in [-0.05, 0) is 47.2 Å². The molecule has 0 saturated heterocycles. The van der Waals surface area contributed by atoms with E-state index in [-0.39, 0.29) is 18.9 Å². The van der Waals surface area contributed by atoms with Crippen molar-refractivity contribution in [1.29, 1.82) is 0 Å². The normalized spacial score (nSPS) is 18.7. The molecular formula is C25H23FN2O3S. The van der Waals surface area contributed by atoms with Crippen molar-refractivity contribution in [3.63, 3.8) is 0 Å². The van der Waals surface area contributed by atoms with Gasteiger partial charge in [0.25, 0.3) is 0 Å². The smallest absolute Gasteiger partial charge is 0.247 e. The van der Waals surface area contributed by atoms with Crippen molar-refractivity contribution < 1.29 is 17.6 Å². The van der Waals surface area contributed by atoms with Crippen LogP contribution in [0.25, 0.3) is 0 Å². The Kier molecular flexibility index (Phi) is 5.31. The summed E-state index contributed by atoms with van der Waals surface area (Å²) in [6.07, 6.45) is 0.992. The summed E-state index contributed by atoms with van der Waals surface area (Å²) in [5.74, 6) is -1.06. The molecule has 0 aromatic heterocycles. The molecule has 1 atom stereocenters. The van der Waals surface area contributed by atoms with Crippen LogP contribution in [0.5, 0.6) is 0 Å². The molecule has 1 amide bonds. The third-order valence-corrected chi connectivity index (χ3v) is 8.24. The number of rotatable bonds is 3. The first-order chi connectivity index (χ1) is 15.4. The van der Waals surface area contributed by atoms with Crippen molar-refractivity contribution >= 4 is 15.9 Å². The highest BCUT2D eigenvalue weighted by Gasteiger charge is 2.42. The van der Waals surface area contributed by atoms with E-state index in [2.05, 4.69) is 6.07 Å². The van der Waals surface area contributed by atoms with Crippen LogP contribution < -0.4 is 0 Å². The number of halogens is 1. The van der Waals surface area contributed by atoms with Gasteiger partial charge >= 0.3 is 0 Å². The van der Waals surface area contributed by atoms with E-state index in [4.69, 9.17) is 0 Å². The average Bonchev–Trinajstić information content (AvgIpc) is 2.82. The second-order valence-electron chi connectivity index (χ2n) is 8.25. The highest BCUT2D eigenvalue weighted by Crippen LogP contribution is 2.32. The zero-order valence-electron chi connectivity index (χ0n) is 17.4. The lowest BCUT2D eigenvalue weighted by Crippen LogP contribution is -2.54. The molecular weight excluding hydrogens is 427 g/mol. The molecule has 2 aliphatic rings. The Bertz CT molecular complexity index is 1290. The number of carbonyl (C=O) groups excluding carboxylic acids is 1. The zero-order valence-corrected chi connectivity index (χ0v) is 18.3. The molecule has 5 rings (SSSR count). The van der Waals surface area contributed by atoms with Gasteiger partial charge in [-0.25, -0.2) is 12.8 Å². The molecule has 7 heteroatoms. The molecule has 3 aromatic carbocycles. The third kappa shape index (κ3) is 3.61. The molecule has 0 saturated carbocycles. The molecule has 0 radical (unpaired) electrons. The number of nitrogens with zero attached hydrogens (tertiary/aromatic N) is 2. The lowest BCUT2D eigenvalue weighted by molar-refractivity contribution is -0.136. The van der Waals surface area contributed by atoms with E-state index in [0.29, 0.717) is 13.1 Å². The van der Waals surface area contributed by atoms with E-state index in [1.54, 1.807) is 4.90 Å². The van der Waals surface area contributed by atoms with Gasteiger partial charge in [-0.15, -0.1) is 0 Å². The largest absolute Gasteiger partial charge is 0.337 e. The molecule has 0 N–H and O–H groups in total. The maximum Gasteiger partial charge on any atom is 0.247 e. The standard InChI is InChI=1S/C25H23FN2O3S/c26-22-11-5-6-12-24(22)32(30,31)28-17-21-10-4-2-8-19(21)15-23(28)25(29)27-14-13-18-7-1-3-9-20(18)16-27/h1-12,23H,13-17H2/t23-/m1/s1. The maximum atomic E-state index is 14.5. The van der Waals surface area contributed by atoms with Crippen LogP contribution in [0.3, 0.4) is 0 Å². The van der Waals surface area contributed by atoms with Crippen molar-refractivity contribution in [1.82, 2.24) is 9.21 Å². The summed E-state index contributed by atoms with van der Waals surface area (Å²) in [7, 11) is -4.22. The highest BCUT2D eigenvalue weighted by atomic mass is 32.2. The first-order valence-electron chi connectivity index (χ1n) is 10.6. The first-order valence-corrected chi connectivity index (χ1v) is 12.1. The van der Waals surface area contributed by atoms with Crippen molar-refractivity contribution in [2.45, 2.75) is 36.9 Å². The zero-order chi connectivity index (χ0) is 22.3. The van der Waals surface area contributed by atoms with Gasteiger partial charge in [0, 0.05) is 19.6 Å². The van der Waals surface area contributed by atoms with Crippen LogP contribution in [-0.2, 0) is 40.7 Å². The SMILES string of the molecule is O=C([C@H]1Cc2ccccc2CN1S(=O)(=O)c1ccccc1F)N1CCc2ccccc2C1. The van der Waals surface area contributed by atoms with E-state index in [0.717, 1.165) is 29.2 Å². The fourth-order valence-corrected chi connectivity index (χ4v) is 6.26. The molecule has 0 fully saturated rings. The van der Waals surface area contributed by atoms with Gasteiger partial charge in [0.2, 0.25) is 15.9 Å². The molecule has 0 aliphatic carbocycles. The van der Waals surface area contributed by atoms with Crippen LogP contribution in [0.4, 0.5) is 4.39 Å². The Morgan fingerprint density at radius 3 is 2.12 bits per heavy atom. The van der Waals surface area contributed by atoms with Crippen molar-refractivity contribution in [3.05, 3.63) is 101 Å². The van der Waals surface area contributed by atoms with Gasteiger partial charge in [-0.3, -0.25) is 4.79 Å². The minimum absolute atomic E-state index is 0.0354. The van der Waals surface area contributed by atoms with Gasteiger partial charge in [-0.1, -0.05) is 60.7 Å². The maximum absolute atomic E-state index is 14.5. The molecule has 0 spiro atoms. The van der Waals surface area contributed by atoms with Crippen molar-refractivity contribution in [3.8, 4) is 0 Å². The molecule has 2 heterocycles. The predicted molar refractivity (Wildman–Crippen MR) is 119 cm³/mol. The van der Waals surface area contributed by atoms with Crippen LogP contribution in [0, 0.1) is 5.82 Å². The van der Waals surface area contributed by atoms with E-state index in [1.807, 2.05) is 42.5 Å². The highest BCUT2D eigenvalue weighted by molar-refractivity contribution is 7.89. The van der Waals surface area contributed by atoms with Crippen LogP contribution in [0.2, 0.25) is 0 Å². The number of benzene rings is 3. The van der Waals surface area contributed by atoms with E-state index in [1.165, 1.54) is 28.1 Å². The van der Waals surface area contributed by atoms with Gasteiger partial charge in [0.1, 0.15) is 16.8 Å². The number of sulfonamides is 1. The van der Waals surface area contributed by atoms with Crippen molar-refractivity contribution in [2.24, 2.45) is 0 Å². The van der Waals surface area contributed by atoms with Gasteiger partial charge in [-0.2, -0.15) is 4.31 Å². The number of amides is 1. The summed E-state index contributed by atoms with van der Waals surface area (Å²) in [5, 5.41) is 0. The Hall–Kier alpha value is -3.03. The monoisotopic (exact) mass is 450 g/mol. The topological polar surface area (TPSA) is 57.7 Å². The quantitative estimate of drug-likeness (QED) is 0.614.